The molecule has 1 unspecified atom stereocenters. The molecule has 190 valence electrons. The maximum absolute atomic E-state index is 12.1. The van der Waals surface area contributed by atoms with Crippen LogP contribution in [-0.2, 0) is 9.57 Å². The highest BCUT2D eigenvalue weighted by Crippen LogP contribution is 2.66. The molecule has 6 heteroatoms. The highest BCUT2D eigenvalue weighted by atomic mass is 16.8. The summed E-state index contributed by atoms with van der Waals surface area (Å²) in [7, 11) is 0. The highest BCUT2D eigenvalue weighted by molar-refractivity contribution is 5.85. The van der Waals surface area contributed by atoms with Crippen LogP contribution in [0.5, 0.6) is 0 Å². The molecule has 2 N–H and O–H groups in total. The fourth-order valence-electron chi connectivity index (χ4n) is 8.83. The summed E-state index contributed by atoms with van der Waals surface area (Å²) in [6.45, 7) is 8.32. The van der Waals surface area contributed by atoms with Gasteiger partial charge >= 0.3 is 6.16 Å². The van der Waals surface area contributed by atoms with E-state index < -0.39 is 6.16 Å². The number of allylic oxidation sites excluding steroid dienone is 1. The minimum atomic E-state index is -0.686. The van der Waals surface area contributed by atoms with Crippen LogP contribution in [0.1, 0.15) is 91.4 Å². The second-order valence-electron chi connectivity index (χ2n) is 12.3. The number of ether oxygens (including phenoxy) is 1. The number of oxime groups is 1. The number of hydrogen-bond donors (Lipinski definition) is 2. The van der Waals surface area contributed by atoms with Gasteiger partial charge in [0.05, 0.1) is 11.8 Å². The maximum atomic E-state index is 12.1. The van der Waals surface area contributed by atoms with Crippen molar-refractivity contribution in [1.29, 1.82) is 0 Å². The minimum absolute atomic E-state index is 0.222. The van der Waals surface area contributed by atoms with Crippen molar-refractivity contribution in [2.45, 2.75) is 104 Å². The van der Waals surface area contributed by atoms with Gasteiger partial charge in [0.2, 0.25) is 0 Å². The molecule has 0 spiro atoms. The van der Waals surface area contributed by atoms with Gasteiger partial charge in [-0.25, -0.2) is 4.79 Å². The van der Waals surface area contributed by atoms with Gasteiger partial charge < -0.3 is 15.2 Å². The number of fused-ring (bicyclic) bond motifs is 5. The van der Waals surface area contributed by atoms with Crippen molar-refractivity contribution in [2.24, 2.45) is 39.7 Å². The molecule has 0 radical (unpaired) electrons. The molecule has 1 heterocycles. The van der Waals surface area contributed by atoms with Crippen molar-refractivity contribution in [3.63, 3.8) is 0 Å². The molecule has 5 aliphatic rings. The topological polar surface area (TPSA) is 80.2 Å². The van der Waals surface area contributed by atoms with Crippen LogP contribution in [0.15, 0.2) is 16.8 Å². The van der Waals surface area contributed by atoms with Gasteiger partial charge in [-0.05, 0) is 106 Å². The number of carbonyl (C=O) groups excluding carboxylic acids is 1. The number of nitrogens with zero attached hydrogens (tertiary/aromatic N) is 1. The summed E-state index contributed by atoms with van der Waals surface area (Å²) in [6.07, 6.45) is 13.9. The lowest BCUT2D eigenvalue weighted by atomic mass is 9.46. The molecule has 0 aromatic carbocycles. The lowest BCUT2D eigenvalue weighted by molar-refractivity contribution is -0.0480. The summed E-state index contributed by atoms with van der Waals surface area (Å²) < 4.78 is 5.31. The van der Waals surface area contributed by atoms with Crippen LogP contribution in [0.25, 0.3) is 0 Å². The summed E-state index contributed by atoms with van der Waals surface area (Å²) in [5, 5.41) is 17.9. The normalized spacial score (nSPS) is 44.4. The van der Waals surface area contributed by atoms with Gasteiger partial charge in [-0.2, -0.15) is 0 Å². The molecular formula is C28H44N2O4. The Morgan fingerprint density at radius 3 is 2.76 bits per heavy atom. The lowest BCUT2D eigenvalue weighted by Crippen LogP contribution is -2.51. The zero-order chi connectivity index (χ0) is 23.9. The second kappa shape index (κ2) is 9.57. The van der Waals surface area contributed by atoms with Gasteiger partial charge in [-0.15, -0.1) is 0 Å². The highest BCUT2D eigenvalue weighted by Gasteiger charge is 2.59. The molecule has 8 atom stereocenters. The summed E-state index contributed by atoms with van der Waals surface area (Å²) in [5.41, 5.74) is 2.96. The van der Waals surface area contributed by atoms with Gasteiger partial charge in [-0.1, -0.05) is 37.1 Å². The Kier molecular flexibility index (Phi) is 6.84. The van der Waals surface area contributed by atoms with Gasteiger partial charge in [0, 0.05) is 12.0 Å². The molecule has 34 heavy (non-hydrogen) atoms. The molecule has 6 nitrogen and oxygen atoms in total. The maximum Gasteiger partial charge on any atom is 0.535 e. The van der Waals surface area contributed by atoms with Crippen LogP contribution in [0.2, 0.25) is 0 Å². The first-order valence-corrected chi connectivity index (χ1v) is 13.8. The lowest BCUT2D eigenvalue weighted by Gasteiger charge is -2.58. The van der Waals surface area contributed by atoms with Crippen LogP contribution in [0, 0.1) is 34.5 Å². The van der Waals surface area contributed by atoms with E-state index in [1.165, 1.54) is 44.1 Å². The third-order valence-corrected chi connectivity index (χ3v) is 10.7. The summed E-state index contributed by atoms with van der Waals surface area (Å²) >= 11 is 0. The standard InChI is InChI=1S/C28H44N2O4/c1-18(30-34-26(32)33-17-20-6-4-5-15-29-20)23-9-10-24-22-8-7-19-16-21(31)11-13-27(19,2)25(22)12-14-28(23,24)3/h16,20-25,29,31H,4-15,17H2,1-3H3/b30-18+/t20?,21-,22-,23+,24-,25-,27-,28+/m0/s1. The minimum Gasteiger partial charge on any atom is -0.431 e. The Morgan fingerprint density at radius 1 is 1.12 bits per heavy atom. The summed E-state index contributed by atoms with van der Waals surface area (Å²) in [5.74, 6) is 2.55. The summed E-state index contributed by atoms with van der Waals surface area (Å²) in [6, 6.07) is 0.233. The molecule has 0 aromatic heterocycles. The molecule has 0 bridgehead atoms. The Balaban J connectivity index is 1.21. The monoisotopic (exact) mass is 472 g/mol. The van der Waals surface area contributed by atoms with E-state index in [0.717, 1.165) is 56.2 Å². The molecular weight excluding hydrogens is 428 g/mol. The molecule has 4 fully saturated rings. The van der Waals surface area contributed by atoms with Gasteiger partial charge in [0.1, 0.15) is 6.61 Å². The summed E-state index contributed by atoms with van der Waals surface area (Å²) in [4.78, 5) is 17.3. The predicted octanol–water partition coefficient (Wildman–Crippen LogP) is 5.60. The molecule has 3 saturated carbocycles. The Morgan fingerprint density at radius 2 is 1.97 bits per heavy atom. The number of rotatable bonds is 4. The van der Waals surface area contributed by atoms with E-state index in [0.29, 0.717) is 18.4 Å². The Bertz CT molecular complexity index is 834. The third kappa shape index (κ3) is 4.34. The molecule has 1 saturated heterocycles. The van der Waals surface area contributed by atoms with Crippen LogP contribution < -0.4 is 5.32 Å². The van der Waals surface area contributed by atoms with E-state index in [2.05, 4.69) is 30.4 Å². The number of carbonyl (C=O) groups is 1. The zero-order valence-electron chi connectivity index (χ0n) is 21.4. The van der Waals surface area contributed by atoms with Crippen molar-refractivity contribution < 1.29 is 19.5 Å². The van der Waals surface area contributed by atoms with Crippen LogP contribution in [0.4, 0.5) is 4.79 Å². The van der Waals surface area contributed by atoms with Crippen molar-refractivity contribution >= 4 is 11.9 Å². The van der Waals surface area contributed by atoms with Crippen molar-refractivity contribution in [3.05, 3.63) is 11.6 Å². The Labute approximate surface area is 204 Å². The quantitative estimate of drug-likeness (QED) is 0.183. The van der Waals surface area contributed by atoms with E-state index >= 15 is 0 Å². The van der Waals surface area contributed by atoms with E-state index in [9.17, 15) is 9.90 Å². The first kappa shape index (κ1) is 24.3. The van der Waals surface area contributed by atoms with E-state index in [1.54, 1.807) is 0 Å². The largest absolute Gasteiger partial charge is 0.535 e. The number of nitrogens with one attached hydrogen (secondary N) is 1. The molecule has 4 aliphatic carbocycles. The van der Waals surface area contributed by atoms with Gasteiger partial charge in [-0.3, -0.25) is 4.84 Å². The molecule has 1 aliphatic heterocycles. The van der Waals surface area contributed by atoms with Gasteiger partial charge in [0.15, 0.2) is 0 Å². The molecule has 5 rings (SSSR count). The first-order valence-electron chi connectivity index (χ1n) is 13.8. The Hall–Kier alpha value is -1.40. The third-order valence-electron chi connectivity index (χ3n) is 10.7. The average Bonchev–Trinajstić information content (AvgIpc) is 3.19. The van der Waals surface area contributed by atoms with E-state index in [4.69, 9.17) is 9.57 Å². The predicted molar refractivity (Wildman–Crippen MR) is 132 cm³/mol. The smallest absolute Gasteiger partial charge is 0.431 e. The van der Waals surface area contributed by atoms with Crippen LogP contribution >= 0.6 is 0 Å². The number of aliphatic hydroxyl groups is 1. The first-order chi connectivity index (χ1) is 16.3. The zero-order valence-corrected chi connectivity index (χ0v) is 21.4. The fourth-order valence-corrected chi connectivity index (χ4v) is 8.83. The SMILES string of the molecule is C/C(=N\OC(=O)OCC1CCCCN1)[C@H]1CC[C@H]2[C@@H]3CCC4=C[C@@H](O)CC[C@]4(C)[C@H]3CC[C@]12C. The average molecular weight is 473 g/mol. The van der Waals surface area contributed by atoms with Gasteiger partial charge in [0.25, 0.3) is 0 Å². The van der Waals surface area contributed by atoms with Crippen LogP contribution in [0.3, 0.4) is 0 Å². The van der Waals surface area contributed by atoms with E-state index in [-0.39, 0.29) is 23.0 Å². The number of aliphatic hydroxyl groups excluding tert-OH is 1. The van der Waals surface area contributed by atoms with E-state index in [1.807, 2.05) is 6.92 Å². The number of hydrogen-bond acceptors (Lipinski definition) is 6. The van der Waals surface area contributed by atoms with Crippen LogP contribution in [-0.4, -0.2) is 42.3 Å². The fraction of sp³-hybridized carbons (Fsp3) is 0.857. The second-order valence-corrected chi connectivity index (χ2v) is 12.3. The van der Waals surface area contributed by atoms with Crippen molar-refractivity contribution in [1.82, 2.24) is 5.32 Å². The molecule has 0 amide bonds. The van der Waals surface area contributed by atoms with Crippen molar-refractivity contribution in [3.8, 4) is 0 Å². The number of piperidine rings is 1. The van der Waals surface area contributed by atoms with Crippen molar-refractivity contribution in [2.75, 3.05) is 13.2 Å². The molecule has 0 aromatic rings.